The fourth-order valence-electron chi connectivity index (χ4n) is 0.603. The lowest BCUT2D eigenvalue weighted by molar-refractivity contribution is -0.112. The highest BCUT2D eigenvalue weighted by atomic mass is 35.5. The monoisotopic (exact) mass is 222 g/mol. The van der Waals surface area contributed by atoms with Crippen molar-refractivity contribution in [1.29, 1.82) is 0 Å². The smallest absolute Gasteiger partial charge is 0.223 e. The maximum absolute atomic E-state index is 10.5. The molecule has 4 heteroatoms. The largest absolute Gasteiger partial charge is 0.416 e. The summed E-state index contributed by atoms with van der Waals surface area (Å²) in [5.74, 6) is 0. The fraction of sp³-hybridized carbons (Fsp3) is 0.889. The topological polar surface area (TPSA) is 26.3 Å². The first-order valence-corrected chi connectivity index (χ1v) is 7.78. The summed E-state index contributed by atoms with van der Waals surface area (Å²) in [5, 5.41) is -0.124. The van der Waals surface area contributed by atoms with Gasteiger partial charge in [-0.15, -0.1) is 0 Å². The van der Waals surface area contributed by atoms with E-state index in [2.05, 4.69) is 33.9 Å². The van der Waals surface area contributed by atoms with Crippen LogP contribution in [0.15, 0.2) is 0 Å². The Balaban J connectivity index is 3.97. The molecule has 0 saturated heterocycles. The minimum atomic E-state index is -1.68. The minimum Gasteiger partial charge on any atom is -0.416 e. The van der Waals surface area contributed by atoms with Gasteiger partial charge in [0.25, 0.3) is 0 Å². The molecule has 0 atom stereocenters. The van der Waals surface area contributed by atoms with Crippen LogP contribution in [0.2, 0.25) is 18.1 Å². The van der Waals surface area contributed by atoms with E-state index < -0.39 is 8.32 Å². The van der Waals surface area contributed by atoms with E-state index in [0.717, 1.165) is 0 Å². The molecule has 0 amide bonds. The van der Waals surface area contributed by atoms with Crippen molar-refractivity contribution in [3.05, 3.63) is 0 Å². The third-order valence-electron chi connectivity index (χ3n) is 2.57. The first-order valence-electron chi connectivity index (χ1n) is 4.49. The molecule has 0 aromatic rings. The molecule has 0 bridgehead atoms. The molecule has 0 spiro atoms. The molecule has 0 aliphatic carbocycles. The van der Waals surface area contributed by atoms with Gasteiger partial charge in [0.05, 0.1) is 0 Å². The lowest BCUT2D eigenvalue weighted by Crippen LogP contribution is -2.41. The second kappa shape index (κ2) is 4.58. The Morgan fingerprint density at radius 1 is 1.38 bits per heavy atom. The molecule has 0 unspecified atom stereocenters. The second-order valence-electron chi connectivity index (χ2n) is 4.71. The van der Waals surface area contributed by atoms with Gasteiger partial charge in [-0.3, -0.25) is 4.79 Å². The summed E-state index contributed by atoms with van der Waals surface area (Å²) in [6.45, 7) is 11.3. The maximum Gasteiger partial charge on any atom is 0.223 e. The van der Waals surface area contributed by atoms with E-state index >= 15 is 0 Å². The van der Waals surface area contributed by atoms with Gasteiger partial charge in [-0.25, -0.2) is 0 Å². The molecule has 13 heavy (non-hydrogen) atoms. The van der Waals surface area contributed by atoms with Crippen molar-refractivity contribution < 1.29 is 9.22 Å². The average Bonchev–Trinajstić information content (AvgIpc) is 1.82. The van der Waals surface area contributed by atoms with Gasteiger partial charge in [-0.05, 0) is 29.7 Å². The predicted molar refractivity (Wildman–Crippen MR) is 58.6 cm³/mol. The zero-order chi connectivity index (χ0) is 10.7. The SMILES string of the molecule is CC(C)(C)[Si](C)(C)OCCC(=O)Cl. The molecule has 0 radical (unpaired) electrons. The standard InChI is InChI=1S/C9H19ClO2Si/c1-9(2,3)13(4,5)12-7-6-8(10)11/h6-7H2,1-5H3. The van der Waals surface area contributed by atoms with Gasteiger partial charge < -0.3 is 4.43 Å². The number of halogens is 1. The summed E-state index contributed by atoms with van der Waals surface area (Å²) in [6.07, 6.45) is 0.314. The Labute approximate surface area is 86.7 Å². The summed E-state index contributed by atoms with van der Waals surface area (Å²) in [7, 11) is -1.68. The Hall–Kier alpha value is 0.137. The van der Waals surface area contributed by atoms with E-state index in [4.69, 9.17) is 16.0 Å². The highest BCUT2D eigenvalue weighted by Crippen LogP contribution is 2.36. The van der Waals surface area contributed by atoms with Crippen molar-refractivity contribution in [2.75, 3.05) is 6.61 Å². The van der Waals surface area contributed by atoms with Crippen LogP contribution in [-0.4, -0.2) is 20.2 Å². The van der Waals surface area contributed by atoms with Crippen LogP contribution < -0.4 is 0 Å². The molecule has 78 valence electrons. The summed E-state index contributed by atoms with van der Waals surface area (Å²) >= 11 is 5.22. The first kappa shape index (κ1) is 13.1. The maximum atomic E-state index is 10.5. The highest BCUT2D eigenvalue weighted by Gasteiger charge is 2.36. The quantitative estimate of drug-likeness (QED) is 0.540. The number of rotatable bonds is 4. The first-order chi connectivity index (χ1) is 5.67. The Morgan fingerprint density at radius 2 is 1.85 bits per heavy atom. The van der Waals surface area contributed by atoms with Crippen molar-refractivity contribution in [3.63, 3.8) is 0 Å². The normalized spacial score (nSPS) is 13.1. The van der Waals surface area contributed by atoms with Crippen molar-refractivity contribution in [2.24, 2.45) is 0 Å². The third kappa shape index (κ3) is 4.79. The Kier molecular flexibility index (Phi) is 4.62. The zero-order valence-electron chi connectivity index (χ0n) is 9.11. The van der Waals surface area contributed by atoms with Crippen LogP contribution in [-0.2, 0) is 9.22 Å². The van der Waals surface area contributed by atoms with Crippen molar-refractivity contribution in [2.45, 2.75) is 45.3 Å². The van der Waals surface area contributed by atoms with Gasteiger partial charge in [-0.2, -0.15) is 0 Å². The molecule has 0 heterocycles. The molecule has 0 fully saturated rings. The van der Waals surface area contributed by atoms with Crippen LogP contribution in [0.4, 0.5) is 0 Å². The van der Waals surface area contributed by atoms with Crippen molar-refractivity contribution in [1.82, 2.24) is 0 Å². The van der Waals surface area contributed by atoms with E-state index in [1.807, 2.05) is 0 Å². The summed E-state index contributed by atoms with van der Waals surface area (Å²) in [6, 6.07) is 0. The molecule has 0 N–H and O–H groups in total. The zero-order valence-corrected chi connectivity index (χ0v) is 10.9. The fourth-order valence-corrected chi connectivity index (χ4v) is 1.73. The summed E-state index contributed by atoms with van der Waals surface area (Å²) in [5.41, 5.74) is 0. The summed E-state index contributed by atoms with van der Waals surface area (Å²) in [4.78, 5) is 10.5. The van der Waals surface area contributed by atoms with Gasteiger partial charge >= 0.3 is 0 Å². The van der Waals surface area contributed by atoms with Crippen LogP contribution >= 0.6 is 11.6 Å². The van der Waals surface area contributed by atoms with Crippen LogP contribution in [0.3, 0.4) is 0 Å². The molecular formula is C9H19ClO2Si. The van der Waals surface area contributed by atoms with E-state index in [1.54, 1.807) is 0 Å². The van der Waals surface area contributed by atoms with Crippen molar-refractivity contribution >= 4 is 25.2 Å². The molecule has 0 aliphatic heterocycles. The van der Waals surface area contributed by atoms with Gasteiger partial charge in [0.1, 0.15) is 0 Å². The van der Waals surface area contributed by atoms with Crippen LogP contribution in [0.25, 0.3) is 0 Å². The Morgan fingerprint density at radius 3 is 2.15 bits per heavy atom. The number of carbonyl (C=O) groups excluding carboxylic acids is 1. The van der Waals surface area contributed by atoms with E-state index in [-0.39, 0.29) is 10.3 Å². The van der Waals surface area contributed by atoms with Crippen LogP contribution in [0, 0.1) is 0 Å². The Bertz CT molecular complexity index is 185. The molecule has 0 aromatic heterocycles. The van der Waals surface area contributed by atoms with Gasteiger partial charge in [-0.1, -0.05) is 20.8 Å². The predicted octanol–water partition coefficient (Wildman–Crippen LogP) is 3.16. The lowest BCUT2D eigenvalue weighted by atomic mass is 10.2. The van der Waals surface area contributed by atoms with Gasteiger partial charge in [0.15, 0.2) is 8.32 Å². The minimum absolute atomic E-state index is 0.197. The molecule has 0 saturated carbocycles. The van der Waals surface area contributed by atoms with E-state index in [9.17, 15) is 4.79 Å². The highest BCUT2D eigenvalue weighted by molar-refractivity contribution is 6.74. The molecule has 2 nitrogen and oxygen atoms in total. The van der Waals surface area contributed by atoms with E-state index in [1.165, 1.54) is 0 Å². The number of hydrogen-bond donors (Lipinski definition) is 0. The van der Waals surface area contributed by atoms with Gasteiger partial charge in [0.2, 0.25) is 5.24 Å². The molecule has 0 aromatic carbocycles. The number of hydrogen-bond acceptors (Lipinski definition) is 2. The average molecular weight is 223 g/mol. The molecule has 0 rings (SSSR count). The van der Waals surface area contributed by atoms with Crippen LogP contribution in [0.1, 0.15) is 27.2 Å². The van der Waals surface area contributed by atoms with Crippen molar-refractivity contribution in [3.8, 4) is 0 Å². The van der Waals surface area contributed by atoms with Gasteiger partial charge in [0, 0.05) is 13.0 Å². The third-order valence-corrected chi connectivity index (χ3v) is 7.29. The van der Waals surface area contributed by atoms with E-state index in [0.29, 0.717) is 13.0 Å². The lowest BCUT2D eigenvalue weighted by Gasteiger charge is -2.36. The summed E-state index contributed by atoms with van der Waals surface area (Å²) < 4.78 is 5.74. The molecule has 0 aliphatic rings. The number of carbonyl (C=O) groups is 1. The van der Waals surface area contributed by atoms with Crippen LogP contribution in [0.5, 0.6) is 0 Å². The second-order valence-corrected chi connectivity index (χ2v) is 9.94. The molecular weight excluding hydrogens is 204 g/mol.